The van der Waals surface area contributed by atoms with Gasteiger partial charge in [0.15, 0.2) is 0 Å². The zero-order chi connectivity index (χ0) is 21.7. The highest BCUT2D eigenvalue weighted by Gasteiger charge is 2.27. The van der Waals surface area contributed by atoms with E-state index < -0.39 is 21.8 Å². The van der Waals surface area contributed by atoms with Crippen LogP contribution in [0.2, 0.25) is 0 Å². The molecule has 1 aliphatic heterocycles. The first-order valence-electron chi connectivity index (χ1n) is 10.2. The number of rotatable bonds is 8. The fraction of sp³-hybridized carbons (Fsp3) is 0.409. The summed E-state index contributed by atoms with van der Waals surface area (Å²) in [6.45, 7) is 5.72. The second-order valence-corrected chi connectivity index (χ2v) is 9.11. The normalized spacial score (nSPS) is 14.3. The number of esters is 1. The van der Waals surface area contributed by atoms with Crippen LogP contribution in [-0.2, 0) is 21.4 Å². The standard InChI is InChI=1S/C22H27FN2O4S/c1-3-25(4-2)30(27,28)19-10-11-21(24-12-5-6-13-24)20(15-19)22(26)29-16-17-8-7-9-18(23)14-17/h7-11,14-15H,3-6,12-13,16H2,1-2H3. The first-order chi connectivity index (χ1) is 14.4. The van der Waals surface area contributed by atoms with E-state index in [1.54, 1.807) is 38.1 Å². The third-order valence-electron chi connectivity index (χ3n) is 5.24. The van der Waals surface area contributed by atoms with Crippen molar-refractivity contribution < 1.29 is 22.3 Å². The molecule has 3 rings (SSSR count). The molecule has 30 heavy (non-hydrogen) atoms. The van der Waals surface area contributed by atoms with E-state index in [0.29, 0.717) is 24.3 Å². The number of carbonyl (C=O) groups excluding carboxylic acids is 1. The van der Waals surface area contributed by atoms with Crippen molar-refractivity contribution in [3.63, 3.8) is 0 Å². The summed E-state index contributed by atoms with van der Waals surface area (Å²) < 4.78 is 46.0. The smallest absolute Gasteiger partial charge is 0.340 e. The van der Waals surface area contributed by atoms with Gasteiger partial charge < -0.3 is 9.64 Å². The molecule has 0 N–H and O–H groups in total. The Balaban J connectivity index is 1.93. The van der Waals surface area contributed by atoms with Gasteiger partial charge in [0.25, 0.3) is 0 Å². The van der Waals surface area contributed by atoms with Gasteiger partial charge in [-0.05, 0) is 48.7 Å². The second-order valence-electron chi connectivity index (χ2n) is 7.17. The van der Waals surface area contributed by atoms with E-state index >= 15 is 0 Å². The van der Waals surface area contributed by atoms with Crippen LogP contribution in [0.5, 0.6) is 0 Å². The third-order valence-corrected chi connectivity index (χ3v) is 7.28. The van der Waals surface area contributed by atoms with Crippen molar-refractivity contribution in [3.8, 4) is 0 Å². The van der Waals surface area contributed by atoms with Crippen LogP contribution in [0.3, 0.4) is 0 Å². The molecule has 2 aromatic carbocycles. The zero-order valence-corrected chi connectivity index (χ0v) is 18.1. The maximum Gasteiger partial charge on any atom is 0.340 e. The Labute approximate surface area is 177 Å². The Bertz CT molecular complexity index is 1000. The lowest BCUT2D eigenvalue weighted by Gasteiger charge is -2.23. The molecule has 162 valence electrons. The van der Waals surface area contributed by atoms with Crippen LogP contribution in [0.25, 0.3) is 0 Å². The van der Waals surface area contributed by atoms with E-state index in [-0.39, 0.29) is 17.1 Å². The molecule has 0 bridgehead atoms. The van der Waals surface area contributed by atoms with E-state index in [2.05, 4.69) is 4.90 Å². The van der Waals surface area contributed by atoms with E-state index in [1.807, 2.05) is 0 Å². The molecule has 1 saturated heterocycles. The number of ether oxygens (including phenoxy) is 1. The molecule has 0 amide bonds. The number of anilines is 1. The fourth-order valence-corrected chi connectivity index (χ4v) is 5.12. The molecule has 0 atom stereocenters. The predicted molar refractivity (Wildman–Crippen MR) is 114 cm³/mol. The average molecular weight is 435 g/mol. The van der Waals surface area contributed by atoms with Crippen LogP contribution in [0.15, 0.2) is 47.4 Å². The third kappa shape index (κ3) is 4.82. The highest BCUT2D eigenvalue weighted by atomic mass is 32.2. The molecule has 0 spiro atoms. The minimum absolute atomic E-state index is 0.0619. The topological polar surface area (TPSA) is 66.9 Å². The Morgan fingerprint density at radius 3 is 2.43 bits per heavy atom. The molecule has 0 unspecified atom stereocenters. The summed E-state index contributed by atoms with van der Waals surface area (Å²) in [5, 5.41) is 0. The van der Waals surface area contributed by atoms with Crippen molar-refractivity contribution in [3.05, 3.63) is 59.4 Å². The van der Waals surface area contributed by atoms with Gasteiger partial charge in [-0.2, -0.15) is 4.31 Å². The van der Waals surface area contributed by atoms with Crippen molar-refractivity contribution in [2.45, 2.75) is 38.2 Å². The summed E-state index contributed by atoms with van der Waals surface area (Å²) in [6.07, 6.45) is 2.02. The summed E-state index contributed by atoms with van der Waals surface area (Å²) >= 11 is 0. The molecule has 0 saturated carbocycles. The van der Waals surface area contributed by atoms with E-state index in [0.717, 1.165) is 25.9 Å². The molecule has 0 aromatic heterocycles. The Morgan fingerprint density at radius 1 is 1.10 bits per heavy atom. The van der Waals surface area contributed by atoms with Crippen molar-refractivity contribution >= 4 is 21.7 Å². The van der Waals surface area contributed by atoms with Crippen LogP contribution in [0.1, 0.15) is 42.6 Å². The van der Waals surface area contributed by atoms with E-state index in [9.17, 15) is 17.6 Å². The second kappa shape index (κ2) is 9.57. The Morgan fingerprint density at radius 2 is 1.80 bits per heavy atom. The van der Waals surface area contributed by atoms with Crippen molar-refractivity contribution in [1.29, 1.82) is 0 Å². The molecule has 2 aromatic rings. The molecular weight excluding hydrogens is 407 g/mol. The average Bonchev–Trinajstić information content (AvgIpc) is 3.27. The van der Waals surface area contributed by atoms with Gasteiger partial charge in [-0.25, -0.2) is 17.6 Å². The van der Waals surface area contributed by atoms with Gasteiger partial charge in [-0.3, -0.25) is 0 Å². The van der Waals surface area contributed by atoms with Crippen LogP contribution in [0, 0.1) is 5.82 Å². The first-order valence-corrected chi connectivity index (χ1v) is 11.6. The number of halogens is 1. The molecule has 1 heterocycles. The summed E-state index contributed by atoms with van der Waals surface area (Å²) in [6, 6.07) is 10.5. The number of nitrogens with zero attached hydrogens (tertiary/aromatic N) is 2. The van der Waals surface area contributed by atoms with Crippen molar-refractivity contribution in [2.24, 2.45) is 0 Å². The SMILES string of the molecule is CCN(CC)S(=O)(=O)c1ccc(N2CCCC2)c(C(=O)OCc2cccc(F)c2)c1. The molecule has 8 heteroatoms. The summed E-state index contributed by atoms with van der Waals surface area (Å²) in [4.78, 5) is 15.0. The van der Waals surface area contributed by atoms with Gasteiger partial charge in [0, 0.05) is 26.2 Å². The lowest BCUT2D eigenvalue weighted by Crippen LogP contribution is -2.31. The van der Waals surface area contributed by atoms with Gasteiger partial charge >= 0.3 is 5.97 Å². The molecular formula is C22H27FN2O4S. The number of sulfonamides is 1. The van der Waals surface area contributed by atoms with Gasteiger partial charge in [0.1, 0.15) is 12.4 Å². The molecule has 1 aliphatic rings. The van der Waals surface area contributed by atoms with Crippen molar-refractivity contribution in [2.75, 3.05) is 31.1 Å². The van der Waals surface area contributed by atoms with Crippen LogP contribution >= 0.6 is 0 Å². The minimum atomic E-state index is -3.71. The maximum absolute atomic E-state index is 13.4. The summed E-state index contributed by atoms with van der Waals surface area (Å²) in [5.74, 6) is -1.04. The zero-order valence-electron chi connectivity index (χ0n) is 17.3. The lowest BCUT2D eigenvalue weighted by molar-refractivity contribution is 0.0473. The molecule has 1 fully saturated rings. The molecule has 0 aliphatic carbocycles. The van der Waals surface area contributed by atoms with Crippen LogP contribution in [0.4, 0.5) is 10.1 Å². The first kappa shape index (κ1) is 22.2. The number of hydrogen-bond donors (Lipinski definition) is 0. The number of hydrogen-bond acceptors (Lipinski definition) is 5. The molecule has 6 nitrogen and oxygen atoms in total. The van der Waals surface area contributed by atoms with Gasteiger partial charge in [-0.1, -0.05) is 26.0 Å². The van der Waals surface area contributed by atoms with E-state index in [1.165, 1.54) is 22.5 Å². The minimum Gasteiger partial charge on any atom is -0.457 e. The van der Waals surface area contributed by atoms with Crippen LogP contribution in [-0.4, -0.2) is 44.9 Å². The summed E-state index contributed by atoms with van der Waals surface area (Å²) in [7, 11) is -3.71. The fourth-order valence-electron chi connectivity index (χ4n) is 3.64. The summed E-state index contributed by atoms with van der Waals surface area (Å²) in [5.41, 5.74) is 1.40. The van der Waals surface area contributed by atoms with Gasteiger partial charge in [0.2, 0.25) is 10.0 Å². The van der Waals surface area contributed by atoms with Crippen molar-refractivity contribution in [1.82, 2.24) is 4.31 Å². The highest BCUT2D eigenvalue weighted by molar-refractivity contribution is 7.89. The number of benzene rings is 2. The Kier molecular flexibility index (Phi) is 7.10. The van der Waals surface area contributed by atoms with Gasteiger partial charge in [0.05, 0.1) is 16.1 Å². The number of carbonyl (C=O) groups is 1. The molecule has 0 radical (unpaired) electrons. The maximum atomic E-state index is 13.4. The quantitative estimate of drug-likeness (QED) is 0.591. The lowest BCUT2D eigenvalue weighted by atomic mass is 10.1. The monoisotopic (exact) mass is 434 g/mol. The van der Waals surface area contributed by atoms with E-state index in [4.69, 9.17) is 4.74 Å². The highest BCUT2D eigenvalue weighted by Crippen LogP contribution is 2.29. The van der Waals surface area contributed by atoms with Gasteiger partial charge in [-0.15, -0.1) is 0 Å². The predicted octanol–water partition coefficient (Wildman–Crippen LogP) is 3.81. The largest absolute Gasteiger partial charge is 0.457 e. The Hall–Kier alpha value is -2.45. The van der Waals surface area contributed by atoms with Crippen LogP contribution < -0.4 is 4.90 Å².